The number of aryl methyl sites for hydroxylation is 2. The van der Waals surface area contributed by atoms with E-state index >= 15 is 0 Å². The molecule has 11 rings (SSSR count). The molecule has 6 nitrogen and oxygen atoms in total. The highest BCUT2D eigenvalue weighted by Crippen LogP contribution is 2.59. The summed E-state index contributed by atoms with van der Waals surface area (Å²) >= 11 is 0. The molecule has 0 fully saturated rings. The van der Waals surface area contributed by atoms with Crippen LogP contribution in [0.25, 0.3) is 55.6 Å². The van der Waals surface area contributed by atoms with Crippen molar-refractivity contribution in [2.45, 2.75) is 29.1 Å². The van der Waals surface area contributed by atoms with E-state index in [9.17, 15) is 16.8 Å². The minimum atomic E-state index is -4.38. The summed E-state index contributed by atoms with van der Waals surface area (Å²) in [5.74, 6) is 0.369. The fourth-order valence-corrected chi connectivity index (χ4v) is 12.6. The van der Waals surface area contributed by atoms with E-state index in [1.54, 1.807) is 62.4 Å². The predicted molar refractivity (Wildman–Crippen MR) is 283 cm³/mol. The molecule has 1 aliphatic rings. The van der Waals surface area contributed by atoms with Crippen LogP contribution >= 0.6 is 0 Å². The van der Waals surface area contributed by atoms with Gasteiger partial charge in [-0.2, -0.15) is 16.8 Å². The summed E-state index contributed by atoms with van der Waals surface area (Å²) in [6.07, 6.45) is 0. The van der Waals surface area contributed by atoms with E-state index in [4.69, 9.17) is 8.37 Å². The van der Waals surface area contributed by atoms with Gasteiger partial charge >= 0.3 is 20.2 Å². The van der Waals surface area contributed by atoms with E-state index in [1.165, 1.54) is 0 Å². The van der Waals surface area contributed by atoms with Crippen molar-refractivity contribution < 1.29 is 25.2 Å². The summed E-state index contributed by atoms with van der Waals surface area (Å²) in [7, 11) is -8.76. The molecule has 0 unspecified atom stereocenters. The van der Waals surface area contributed by atoms with Gasteiger partial charge in [0.05, 0.1) is 5.41 Å². The summed E-state index contributed by atoms with van der Waals surface area (Å²) in [6, 6.07) is 77.6. The molecule has 0 spiro atoms. The zero-order valence-electron chi connectivity index (χ0n) is 38.9. The lowest BCUT2D eigenvalue weighted by atomic mass is 9.66. The van der Waals surface area contributed by atoms with Crippen molar-refractivity contribution in [2.75, 3.05) is 0 Å². The molecule has 0 saturated heterocycles. The molecule has 0 radical (unpaired) electrons. The van der Waals surface area contributed by atoms with Crippen molar-refractivity contribution in [3.8, 4) is 67.1 Å². The van der Waals surface area contributed by atoms with E-state index < -0.39 is 25.7 Å². The zero-order valence-corrected chi connectivity index (χ0v) is 40.5. The average Bonchev–Trinajstić information content (AvgIpc) is 3.71. The topological polar surface area (TPSA) is 86.7 Å². The standard InChI is InChI=1S/C63H46O6S2/c1-43-23-15-21-37-59(43)70(64,65)68-61-53(45-25-7-3-8-26-45)39-49(40-54(61)46-27-9-4-10-28-46)63(57-35-19-17-33-51(57)52-34-18-20-36-58(52)63)50-41-55(47-29-11-5-12-30-47)62(56(42-50)48-31-13-6-14-32-48)69-71(66,67)60-38-22-16-24-44(60)2/h3-42H,1-2H3. The second kappa shape index (κ2) is 18.2. The van der Waals surface area contributed by atoms with Crippen molar-refractivity contribution >= 4 is 20.2 Å². The van der Waals surface area contributed by atoms with Crippen molar-refractivity contribution in [3.63, 3.8) is 0 Å². The molecule has 71 heavy (non-hydrogen) atoms. The van der Waals surface area contributed by atoms with Crippen LogP contribution in [0.5, 0.6) is 11.5 Å². The predicted octanol–water partition coefficient (Wildman–Crippen LogP) is 14.9. The SMILES string of the molecule is Cc1ccccc1S(=O)(=O)Oc1c(-c2ccccc2)cc(C2(c3cc(-c4ccccc4)c(OS(=O)(=O)c4ccccc4C)c(-c4ccccc4)c3)c3ccccc3-c3ccccc32)cc1-c1ccccc1. The third-order valence-corrected chi connectivity index (χ3v) is 16.2. The lowest BCUT2D eigenvalue weighted by Crippen LogP contribution is -2.29. The molecule has 8 heteroatoms. The Hall–Kier alpha value is -8.30. The smallest absolute Gasteiger partial charge is 0.339 e. The Labute approximate surface area is 415 Å². The lowest BCUT2D eigenvalue weighted by Gasteiger charge is -2.36. The zero-order chi connectivity index (χ0) is 48.7. The number of rotatable bonds is 12. The van der Waals surface area contributed by atoms with Crippen molar-refractivity contribution in [1.29, 1.82) is 0 Å². The van der Waals surface area contributed by atoms with Gasteiger partial charge in [0.25, 0.3) is 0 Å². The van der Waals surface area contributed by atoms with Gasteiger partial charge in [-0.3, -0.25) is 0 Å². The van der Waals surface area contributed by atoms with Crippen LogP contribution in [0.4, 0.5) is 0 Å². The van der Waals surface area contributed by atoms with Crippen LogP contribution in [-0.4, -0.2) is 16.8 Å². The monoisotopic (exact) mass is 962 g/mol. The van der Waals surface area contributed by atoms with Crippen molar-refractivity contribution in [1.82, 2.24) is 0 Å². The van der Waals surface area contributed by atoms with Gasteiger partial charge in [-0.1, -0.05) is 206 Å². The van der Waals surface area contributed by atoms with Gasteiger partial charge < -0.3 is 8.37 Å². The van der Waals surface area contributed by atoms with Crippen LogP contribution in [0.3, 0.4) is 0 Å². The molecule has 10 aromatic carbocycles. The van der Waals surface area contributed by atoms with Crippen molar-refractivity contribution in [2.24, 2.45) is 0 Å². The third-order valence-electron chi connectivity index (χ3n) is 13.4. The van der Waals surface area contributed by atoms with Gasteiger partial charge in [0.1, 0.15) is 9.79 Å². The van der Waals surface area contributed by atoms with E-state index in [0.717, 1.165) is 55.6 Å². The Morgan fingerprint density at radius 2 is 0.577 bits per heavy atom. The largest absolute Gasteiger partial charge is 0.378 e. The van der Waals surface area contributed by atoms with Gasteiger partial charge in [0, 0.05) is 22.3 Å². The summed E-state index contributed by atoms with van der Waals surface area (Å²) in [5.41, 5.74) is 10.9. The summed E-state index contributed by atoms with van der Waals surface area (Å²) in [6.45, 7) is 3.52. The van der Waals surface area contributed by atoms with Gasteiger partial charge in [0.15, 0.2) is 11.5 Å². The molecule has 0 aromatic heterocycles. The first kappa shape index (κ1) is 45.2. The number of hydrogen-bond donors (Lipinski definition) is 0. The Kier molecular flexibility index (Phi) is 11.6. The maximum Gasteiger partial charge on any atom is 0.339 e. The van der Waals surface area contributed by atoms with Crippen LogP contribution in [-0.2, 0) is 25.7 Å². The molecular formula is C63H46O6S2. The highest BCUT2D eigenvalue weighted by molar-refractivity contribution is 7.87. The Morgan fingerprint density at radius 3 is 0.887 bits per heavy atom. The maximum absolute atomic E-state index is 14.7. The van der Waals surface area contributed by atoms with E-state index in [1.807, 2.05) is 146 Å². The van der Waals surface area contributed by atoms with Crippen LogP contribution < -0.4 is 8.37 Å². The van der Waals surface area contributed by atoms with E-state index in [2.05, 4.69) is 48.5 Å². The first-order valence-corrected chi connectivity index (χ1v) is 26.1. The highest BCUT2D eigenvalue weighted by atomic mass is 32.2. The third kappa shape index (κ3) is 8.01. The van der Waals surface area contributed by atoms with Crippen LogP contribution in [0.2, 0.25) is 0 Å². The average molecular weight is 963 g/mol. The quantitative estimate of drug-likeness (QED) is 0.113. The number of benzene rings is 10. The lowest BCUT2D eigenvalue weighted by molar-refractivity contribution is 0.485. The molecule has 0 amide bonds. The van der Waals surface area contributed by atoms with Gasteiger partial charge in [-0.05, 0) is 117 Å². The van der Waals surface area contributed by atoms with Gasteiger partial charge in [-0.15, -0.1) is 0 Å². The molecule has 0 saturated carbocycles. The number of fused-ring (bicyclic) bond motifs is 3. The summed E-state index contributed by atoms with van der Waals surface area (Å²) in [4.78, 5) is 0.150. The first-order chi connectivity index (χ1) is 34.5. The fraction of sp³-hybridized carbons (Fsp3) is 0.0476. The Balaban J connectivity index is 1.29. The number of hydrogen-bond acceptors (Lipinski definition) is 6. The van der Waals surface area contributed by atoms with Crippen LogP contribution in [0.15, 0.2) is 252 Å². The molecule has 10 aromatic rings. The normalized spacial score (nSPS) is 12.7. The summed E-state index contributed by atoms with van der Waals surface area (Å²) < 4.78 is 71.6. The maximum atomic E-state index is 14.7. The van der Waals surface area contributed by atoms with E-state index in [-0.39, 0.29) is 21.3 Å². The fourth-order valence-electron chi connectivity index (χ4n) is 10.2. The molecule has 0 atom stereocenters. The van der Waals surface area contributed by atoms with E-state index in [0.29, 0.717) is 33.4 Å². The summed E-state index contributed by atoms with van der Waals surface area (Å²) in [5, 5.41) is 0. The van der Waals surface area contributed by atoms with Gasteiger partial charge in [0.2, 0.25) is 0 Å². The molecular weight excluding hydrogens is 917 g/mol. The minimum Gasteiger partial charge on any atom is -0.378 e. The molecule has 1 aliphatic carbocycles. The molecule has 0 heterocycles. The first-order valence-electron chi connectivity index (χ1n) is 23.3. The second-order valence-electron chi connectivity index (χ2n) is 17.7. The Morgan fingerprint density at radius 1 is 0.310 bits per heavy atom. The Bertz CT molecular complexity index is 3480. The second-order valence-corrected chi connectivity index (χ2v) is 20.7. The molecule has 346 valence electrons. The van der Waals surface area contributed by atoms with Crippen LogP contribution in [0, 0.1) is 13.8 Å². The van der Waals surface area contributed by atoms with Crippen molar-refractivity contribution in [3.05, 3.63) is 276 Å². The highest BCUT2D eigenvalue weighted by Gasteiger charge is 2.48. The van der Waals surface area contributed by atoms with Crippen LogP contribution in [0.1, 0.15) is 33.4 Å². The molecule has 0 bridgehead atoms. The minimum absolute atomic E-state index is 0.0749. The molecule has 0 N–H and O–H groups in total. The van der Waals surface area contributed by atoms with Gasteiger partial charge in [-0.25, -0.2) is 0 Å². The molecule has 0 aliphatic heterocycles.